The number of carbonyl (C=O) groups is 3. The fraction of sp³-hybridized carbons (Fsp3) is 0.930. The van der Waals surface area contributed by atoms with Gasteiger partial charge in [-0.15, -0.1) is 0 Å². The van der Waals surface area contributed by atoms with Crippen molar-refractivity contribution in [1.29, 1.82) is 0 Å². The number of likely N-dealkylation sites (N-methyl/N-ethyl adjacent to an activating group) is 1. The third-order valence-corrected chi connectivity index (χ3v) is 9.70. The van der Waals surface area contributed by atoms with E-state index in [1.165, 1.54) is 103 Å². The highest BCUT2D eigenvalue weighted by Gasteiger charge is 2.09. The lowest BCUT2D eigenvalue weighted by Crippen LogP contribution is -2.35. The molecular formula is C43H85N3O6. The van der Waals surface area contributed by atoms with E-state index >= 15 is 0 Å². The summed E-state index contributed by atoms with van der Waals surface area (Å²) >= 11 is 0. The van der Waals surface area contributed by atoms with Gasteiger partial charge in [-0.25, -0.2) is 4.79 Å². The van der Waals surface area contributed by atoms with E-state index in [4.69, 9.17) is 14.2 Å². The molecule has 0 aliphatic heterocycles. The fourth-order valence-corrected chi connectivity index (χ4v) is 6.29. The summed E-state index contributed by atoms with van der Waals surface area (Å²) in [7, 11) is 3.97. The Morgan fingerprint density at radius 2 is 0.808 bits per heavy atom. The van der Waals surface area contributed by atoms with Crippen molar-refractivity contribution in [3.05, 3.63) is 0 Å². The van der Waals surface area contributed by atoms with Crippen LogP contribution in [0.5, 0.6) is 0 Å². The van der Waals surface area contributed by atoms with E-state index in [-0.39, 0.29) is 18.0 Å². The minimum atomic E-state index is -0.339. The molecule has 0 fully saturated rings. The van der Waals surface area contributed by atoms with E-state index in [2.05, 4.69) is 24.1 Å². The van der Waals surface area contributed by atoms with Gasteiger partial charge in [-0.3, -0.25) is 14.5 Å². The predicted octanol–water partition coefficient (Wildman–Crippen LogP) is 10.6. The summed E-state index contributed by atoms with van der Waals surface area (Å²) in [6.45, 7) is 10.2. The number of hydrogen-bond donors (Lipinski definition) is 1. The number of rotatable bonds is 40. The number of ether oxygens (including phenoxy) is 3. The van der Waals surface area contributed by atoms with Crippen LogP contribution in [0.25, 0.3) is 0 Å². The zero-order valence-corrected chi connectivity index (χ0v) is 34.8. The molecule has 0 aliphatic rings. The number of nitrogens with zero attached hydrogens (tertiary/aromatic N) is 2. The van der Waals surface area contributed by atoms with E-state index < -0.39 is 0 Å². The van der Waals surface area contributed by atoms with Crippen molar-refractivity contribution in [2.24, 2.45) is 0 Å². The second-order valence-corrected chi connectivity index (χ2v) is 15.1. The Morgan fingerprint density at radius 3 is 1.23 bits per heavy atom. The molecule has 0 spiro atoms. The molecule has 52 heavy (non-hydrogen) atoms. The average molecular weight is 740 g/mol. The summed E-state index contributed by atoms with van der Waals surface area (Å²) in [6, 6.07) is 0. The van der Waals surface area contributed by atoms with Gasteiger partial charge in [-0.2, -0.15) is 0 Å². The van der Waals surface area contributed by atoms with Crippen LogP contribution in [-0.2, 0) is 23.8 Å². The molecule has 0 radical (unpaired) electrons. The Bertz CT molecular complexity index is 749. The lowest BCUT2D eigenvalue weighted by Gasteiger charge is -2.22. The van der Waals surface area contributed by atoms with Crippen LogP contribution in [0, 0.1) is 0 Å². The molecule has 0 atom stereocenters. The molecule has 1 amide bonds. The monoisotopic (exact) mass is 740 g/mol. The molecule has 0 aromatic carbocycles. The minimum absolute atomic E-state index is 0.0319. The van der Waals surface area contributed by atoms with Gasteiger partial charge in [-0.05, 0) is 65.7 Å². The highest BCUT2D eigenvalue weighted by Crippen LogP contribution is 2.12. The molecular weight excluding hydrogens is 654 g/mol. The number of alkyl carbamates (subject to hydrolysis) is 1. The summed E-state index contributed by atoms with van der Waals surface area (Å²) in [5, 5.41) is 2.82. The molecule has 9 nitrogen and oxygen atoms in total. The lowest BCUT2D eigenvalue weighted by molar-refractivity contribution is -0.144. The molecule has 0 aromatic heterocycles. The molecule has 0 unspecified atom stereocenters. The Labute approximate surface area is 321 Å². The number of unbranched alkanes of at least 4 members (excludes halogenated alkanes) is 22. The summed E-state index contributed by atoms with van der Waals surface area (Å²) < 4.78 is 16.3. The first-order valence-corrected chi connectivity index (χ1v) is 22.0. The summed E-state index contributed by atoms with van der Waals surface area (Å²) in [5.41, 5.74) is 0. The predicted molar refractivity (Wildman–Crippen MR) is 217 cm³/mol. The largest absolute Gasteiger partial charge is 0.466 e. The number of carbonyl (C=O) groups excluding carboxylic acids is 3. The number of nitrogens with one attached hydrogen (secondary N) is 1. The van der Waals surface area contributed by atoms with Gasteiger partial charge >= 0.3 is 18.0 Å². The molecule has 0 saturated carbocycles. The van der Waals surface area contributed by atoms with Crippen molar-refractivity contribution in [3.8, 4) is 0 Å². The maximum atomic E-state index is 12.1. The van der Waals surface area contributed by atoms with Crippen LogP contribution in [0.4, 0.5) is 4.79 Å². The van der Waals surface area contributed by atoms with Crippen LogP contribution in [0.15, 0.2) is 0 Å². The van der Waals surface area contributed by atoms with Crippen LogP contribution >= 0.6 is 0 Å². The van der Waals surface area contributed by atoms with Crippen molar-refractivity contribution in [2.75, 3.05) is 66.6 Å². The molecule has 0 bridgehead atoms. The van der Waals surface area contributed by atoms with Crippen LogP contribution < -0.4 is 5.32 Å². The average Bonchev–Trinajstić information content (AvgIpc) is 3.12. The highest BCUT2D eigenvalue weighted by molar-refractivity contribution is 5.69. The Balaban J connectivity index is 4.05. The van der Waals surface area contributed by atoms with Gasteiger partial charge in [0, 0.05) is 32.5 Å². The maximum absolute atomic E-state index is 12.1. The van der Waals surface area contributed by atoms with E-state index in [0.29, 0.717) is 39.2 Å². The normalized spacial score (nSPS) is 11.3. The quantitative estimate of drug-likeness (QED) is 0.0377. The molecule has 1 N–H and O–H groups in total. The van der Waals surface area contributed by atoms with Crippen LogP contribution in [0.2, 0.25) is 0 Å². The van der Waals surface area contributed by atoms with Crippen LogP contribution in [0.3, 0.4) is 0 Å². The second-order valence-electron chi connectivity index (χ2n) is 15.1. The molecule has 9 heteroatoms. The number of esters is 2. The Kier molecular flexibility index (Phi) is 38.9. The first-order chi connectivity index (χ1) is 25.4. The third-order valence-electron chi connectivity index (χ3n) is 9.70. The van der Waals surface area contributed by atoms with Crippen LogP contribution in [-0.4, -0.2) is 94.5 Å². The van der Waals surface area contributed by atoms with Crippen molar-refractivity contribution >= 4 is 18.0 Å². The molecule has 0 aliphatic carbocycles. The van der Waals surface area contributed by atoms with Crippen molar-refractivity contribution in [2.45, 2.75) is 194 Å². The molecule has 308 valence electrons. The lowest BCUT2D eigenvalue weighted by atomic mass is 10.1. The van der Waals surface area contributed by atoms with Gasteiger partial charge in [0.05, 0.1) is 13.2 Å². The molecule has 0 aromatic rings. The SMILES string of the molecule is CCCCCCCCCC(=O)OCCCCCCCCN(CCCCCCCCOC(=O)CCCCCCCCC)CCOC(=O)NCCN(C)C. The van der Waals surface area contributed by atoms with Gasteiger partial charge in [0.1, 0.15) is 6.61 Å². The number of hydrogen-bond acceptors (Lipinski definition) is 8. The number of amides is 1. The summed E-state index contributed by atoms with van der Waals surface area (Å²) in [6.07, 6.45) is 31.3. The standard InChI is InChI=1S/C43H85N3O6/c1-5-7-9-11-13-19-25-31-41(47)50-38-29-23-17-15-21-27-34-46(37-40-52-43(49)44-33-36-45(3)4)35-28-22-16-18-24-30-39-51-42(48)32-26-20-14-12-10-8-6-2/h5-40H2,1-4H3,(H,44,49). The molecule has 0 saturated heterocycles. The minimum Gasteiger partial charge on any atom is -0.466 e. The second kappa shape index (κ2) is 40.3. The van der Waals surface area contributed by atoms with Gasteiger partial charge in [-0.1, -0.05) is 142 Å². The molecule has 0 heterocycles. The van der Waals surface area contributed by atoms with Crippen molar-refractivity contribution in [1.82, 2.24) is 15.1 Å². The first kappa shape index (κ1) is 50.1. The van der Waals surface area contributed by atoms with Gasteiger partial charge < -0.3 is 24.4 Å². The highest BCUT2D eigenvalue weighted by atomic mass is 16.5. The van der Waals surface area contributed by atoms with E-state index in [0.717, 1.165) is 90.4 Å². The van der Waals surface area contributed by atoms with Gasteiger partial charge in [0.15, 0.2) is 0 Å². The smallest absolute Gasteiger partial charge is 0.407 e. The van der Waals surface area contributed by atoms with E-state index in [1.807, 2.05) is 19.0 Å². The summed E-state index contributed by atoms with van der Waals surface area (Å²) in [4.78, 5) is 40.5. The van der Waals surface area contributed by atoms with Crippen molar-refractivity contribution < 1.29 is 28.6 Å². The topological polar surface area (TPSA) is 97.4 Å². The zero-order chi connectivity index (χ0) is 38.2. The van der Waals surface area contributed by atoms with Gasteiger partial charge in [0.2, 0.25) is 0 Å². The third kappa shape index (κ3) is 39.3. The Morgan fingerprint density at radius 1 is 0.423 bits per heavy atom. The van der Waals surface area contributed by atoms with Crippen LogP contribution in [0.1, 0.15) is 194 Å². The Hall–Kier alpha value is -1.87. The first-order valence-electron chi connectivity index (χ1n) is 22.0. The van der Waals surface area contributed by atoms with E-state index in [9.17, 15) is 14.4 Å². The zero-order valence-electron chi connectivity index (χ0n) is 34.8. The summed E-state index contributed by atoms with van der Waals surface area (Å²) in [5.74, 6) is -0.0638. The van der Waals surface area contributed by atoms with E-state index in [1.54, 1.807) is 0 Å². The molecule has 0 rings (SSSR count). The van der Waals surface area contributed by atoms with Crippen molar-refractivity contribution in [3.63, 3.8) is 0 Å². The van der Waals surface area contributed by atoms with Gasteiger partial charge in [0.25, 0.3) is 0 Å². The maximum Gasteiger partial charge on any atom is 0.407 e. The fourth-order valence-electron chi connectivity index (χ4n) is 6.29.